The van der Waals surface area contributed by atoms with Crippen molar-refractivity contribution >= 4 is 0 Å². The van der Waals surface area contributed by atoms with Crippen LogP contribution in [0.1, 0.15) is 26.2 Å². The van der Waals surface area contributed by atoms with E-state index < -0.39 is 0 Å². The van der Waals surface area contributed by atoms with Crippen LogP contribution in [0.15, 0.2) is 12.2 Å². The van der Waals surface area contributed by atoms with Gasteiger partial charge in [0, 0.05) is 6.61 Å². The second-order valence-corrected chi connectivity index (χ2v) is 4.35. The molecule has 0 aromatic heterocycles. The van der Waals surface area contributed by atoms with E-state index in [1.807, 2.05) is 0 Å². The van der Waals surface area contributed by atoms with Crippen molar-refractivity contribution in [1.29, 1.82) is 0 Å². The molecule has 11 heavy (non-hydrogen) atoms. The van der Waals surface area contributed by atoms with Gasteiger partial charge in [0.1, 0.15) is 0 Å². The normalized spacial score (nSPS) is 48.2. The summed E-state index contributed by atoms with van der Waals surface area (Å²) in [4.78, 5) is 0. The fourth-order valence-electron chi connectivity index (χ4n) is 2.56. The molecule has 1 N–H and O–H groups in total. The number of aliphatic hydroxyl groups is 1. The zero-order valence-electron chi connectivity index (χ0n) is 7.09. The van der Waals surface area contributed by atoms with E-state index in [1.165, 1.54) is 19.3 Å². The highest BCUT2D eigenvalue weighted by atomic mass is 16.3. The highest BCUT2D eigenvalue weighted by Crippen LogP contribution is 2.48. The van der Waals surface area contributed by atoms with Gasteiger partial charge in [-0.2, -0.15) is 0 Å². The summed E-state index contributed by atoms with van der Waals surface area (Å²) in [6, 6.07) is 0. The first-order valence-corrected chi connectivity index (χ1v) is 4.54. The van der Waals surface area contributed by atoms with Crippen LogP contribution in [-0.2, 0) is 0 Å². The quantitative estimate of drug-likeness (QED) is 0.569. The predicted molar refractivity (Wildman–Crippen MR) is 45.2 cm³/mol. The van der Waals surface area contributed by atoms with Gasteiger partial charge in [0.15, 0.2) is 0 Å². The van der Waals surface area contributed by atoms with Crippen LogP contribution in [0.3, 0.4) is 0 Å². The molecule has 3 aliphatic carbocycles. The van der Waals surface area contributed by atoms with Crippen LogP contribution >= 0.6 is 0 Å². The maximum absolute atomic E-state index is 9.24. The Hall–Kier alpha value is -0.300. The fourth-order valence-corrected chi connectivity index (χ4v) is 2.56. The lowest BCUT2D eigenvalue weighted by Crippen LogP contribution is -2.39. The second-order valence-electron chi connectivity index (χ2n) is 4.35. The molecule has 3 atom stereocenters. The lowest BCUT2D eigenvalue weighted by molar-refractivity contribution is 0.0374. The molecule has 0 radical (unpaired) electrons. The molecule has 0 spiro atoms. The lowest BCUT2D eigenvalue weighted by Gasteiger charge is -2.45. The van der Waals surface area contributed by atoms with E-state index in [1.54, 1.807) is 0 Å². The van der Waals surface area contributed by atoms with Crippen molar-refractivity contribution in [1.82, 2.24) is 0 Å². The van der Waals surface area contributed by atoms with E-state index in [2.05, 4.69) is 19.1 Å². The molecule has 3 unspecified atom stereocenters. The van der Waals surface area contributed by atoms with Gasteiger partial charge in [-0.05, 0) is 36.5 Å². The first kappa shape index (κ1) is 7.35. The molecule has 0 amide bonds. The first-order valence-electron chi connectivity index (χ1n) is 4.54. The number of hydrogen-bond acceptors (Lipinski definition) is 1. The number of hydrogen-bond donors (Lipinski definition) is 1. The molecule has 62 valence electrons. The predicted octanol–water partition coefficient (Wildman–Crippen LogP) is 1.97. The summed E-state index contributed by atoms with van der Waals surface area (Å²) in [5, 5.41) is 9.24. The minimum absolute atomic E-state index is 0.206. The number of rotatable bonds is 1. The van der Waals surface area contributed by atoms with Gasteiger partial charge >= 0.3 is 0 Å². The molecule has 1 saturated carbocycles. The van der Waals surface area contributed by atoms with Gasteiger partial charge in [-0.3, -0.25) is 0 Å². The molecule has 3 aliphatic rings. The van der Waals surface area contributed by atoms with Gasteiger partial charge in [0.2, 0.25) is 0 Å². The Morgan fingerprint density at radius 3 is 2.55 bits per heavy atom. The average Bonchev–Trinajstić information content (AvgIpc) is 2.06. The van der Waals surface area contributed by atoms with Crippen molar-refractivity contribution in [3.05, 3.63) is 12.2 Å². The summed E-state index contributed by atoms with van der Waals surface area (Å²) in [6.45, 7) is 2.58. The molecule has 0 heterocycles. The number of aliphatic hydroxyl groups excluding tert-OH is 1. The zero-order valence-corrected chi connectivity index (χ0v) is 7.09. The Morgan fingerprint density at radius 2 is 2.27 bits per heavy atom. The van der Waals surface area contributed by atoms with Crippen molar-refractivity contribution in [2.45, 2.75) is 26.2 Å². The third-order valence-electron chi connectivity index (χ3n) is 3.45. The van der Waals surface area contributed by atoms with Crippen LogP contribution in [0, 0.1) is 17.3 Å². The summed E-state index contributed by atoms with van der Waals surface area (Å²) >= 11 is 0. The summed E-state index contributed by atoms with van der Waals surface area (Å²) < 4.78 is 0. The van der Waals surface area contributed by atoms with E-state index in [0.717, 1.165) is 5.92 Å². The fraction of sp³-hybridized carbons (Fsp3) is 0.800. The Balaban J connectivity index is 2.23. The Labute approximate surface area is 68.1 Å². The van der Waals surface area contributed by atoms with Crippen LogP contribution in [0.5, 0.6) is 0 Å². The topological polar surface area (TPSA) is 20.2 Å². The molecular weight excluding hydrogens is 136 g/mol. The van der Waals surface area contributed by atoms with Crippen LogP contribution in [0.2, 0.25) is 0 Å². The van der Waals surface area contributed by atoms with Crippen molar-refractivity contribution in [2.75, 3.05) is 6.61 Å². The molecule has 1 nitrogen and oxygen atoms in total. The van der Waals surface area contributed by atoms with Crippen molar-refractivity contribution in [2.24, 2.45) is 17.3 Å². The molecule has 0 aromatic rings. The third-order valence-corrected chi connectivity index (χ3v) is 3.45. The molecule has 1 fully saturated rings. The van der Waals surface area contributed by atoms with Gasteiger partial charge in [0.25, 0.3) is 0 Å². The van der Waals surface area contributed by atoms with Crippen LogP contribution in [-0.4, -0.2) is 11.7 Å². The molecular formula is C10H16O. The van der Waals surface area contributed by atoms with Crippen LogP contribution in [0.25, 0.3) is 0 Å². The van der Waals surface area contributed by atoms with Gasteiger partial charge < -0.3 is 5.11 Å². The van der Waals surface area contributed by atoms with Gasteiger partial charge in [0.05, 0.1) is 0 Å². The van der Waals surface area contributed by atoms with Gasteiger partial charge in [-0.15, -0.1) is 0 Å². The van der Waals surface area contributed by atoms with Crippen molar-refractivity contribution in [3.8, 4) is 0 Å². The maximum atomic E-state index is 9.24. The van der Waals surface area contributed by atoms with E-state index in [-0.39, 0.29) is 5.41 Å². The Bertz CT molecular complexity index is 185. The van der Waals surface area contributed by atoms with E-state index in [9.17, 15) is 5.11 Å². The maximum Gasteiger partial charge on any atom is 0.0490 e. The number of fused-ring (bicyclic) bond motifs is 2. The molecule has 0 aromatic carbocycles. The Kier molecular flexibility index (Phi) is 1.57. The molecule has 0 saturated heterocycles. The Morgan fingerprint density at radius 1 is 1.45 bits per heavy atom. The van der Waals surface area contributed by atoms with E-state index in [4.69, 9.17) is 0 Å². The monoisotopic (exact) mass is 152 g/mol. The second kappa shape index (κ2) is 2.34. The molecule has 2 bridgehead atoms. The highest BCUT2D eigenvalue weighted by Gasteiger charge is 2.40. The smallest absolute Gasteiger partial charge is 0.0490 e. The third kappa shape index (κ3) is 1.02. The molecule has 1 heteroatoms. The standard InChI is InChI=1S/C10H16O/c1-10(7-11)6-8-2-4-9(10)5-3-8/h2,4,8-9,11H,3,5-7H2,1H3. The molecule has 0 aliphatic heterocycles. The number of allylic oxidation sites excluding steroid dienone is 2. The largest absolute Gasteiger partial charge is 0.396 e. The lowest BCUT2D eigenvalue weighted by atomic mass is 9.60. The summed E-state index contributed by atoms with van der Waals surface area (Å²) in [5.41, 5.74) is 0.206. The summed E-state index contributed by atoms with van der Waals surface area (Å²) in [6.07, 6.45) is 8.49. The minimum atomic E-state index is 0.206. The first-order chi connectivity index (χ1) is 5.24. The van der Waals surface area contributed by atoms with Crippen LogP contribution < -0.4 is 0 Å². The van der Waals surface area contributed by atoms with E-state index in [0.29, 0.717) is 12.5 Å². The van der Waals surface area contributed by atoms with Crippen LogP contribution in [0.4, 0.5) is 0 Å². The highest BCUT2D eigenvalue weighted by molar-refractivity contribution is 5.10. The average molecular weight is 152 g/mol. The van der Waals surface area contributed by atoms with Crippen molar-refractivity contribution in [3.63, 3.8) is 0 Å². The van der Waals surface area contributed by atoms with Crippen molar-refractivity contribution < 1.29 is 5.11 Å². The molecule has 3 rings (SSSR count). The summed E-state index contributed by atoms with van der Waals surface area (Å²) in [7, 11) is 0. The van der Waals surface area contributed by atoms with Gasteiger partial charge in [-0.1, -0.05) is 19.1 Å². The minimum Gasteiger partial charge on any atom is -0.396 e. The zero-order chi connectivity index (χ0) is 7.90. The SMILES string of the molecule is CC1(CO)CC2C=CC1CC2. The van der Waals surface area contributed by atoms with E-state index >= 15 is 0 Å². The summed E-state index contributed by atoms with van der Waals surface area (Å²) in [5.74, 6) is 1.41. The van der Waals surface area contributed by atoms with Gasteiger partial charge in [-0.25, -0.2) is 0 Å².